The van der Waals surface area contributed by atoms with Gasteiger partial charge < -0.3 is 10.6 Å². The van der Waals surface area contributed by atoms with Crippen LogP contribution >= 0.6 is 11.6 Å². The van der Waals surface area contributed by atoms with E-state index in [0.717, 1.165) is 54.9 Å². The molecule has 170 valence electrons. The zero-order valence-electron chi connectivity index (χ0n) is 18.9. The first-order valence-electron chi connectivity index (χ1n) is 11.5. The third-order valence-corrected chi connectivity index (χ3v) is 7.96. The topological polar surface area (TPSA) is 96.1 Å². The first kappa shape index (κ1) is 21.1. The van der Waals surface area contributed by atoms with Crippen molar-refractivity contribution in [1.29, 1.82) is 5.26 Å². The van der Waals surface area contributed by atoms with Crippen LogP contribution in [0.2, 0.25) is 5.02 Å². The molecular formula is C26H24ClN7. The Morgan fingerprint density at radius 2 is 2.00 bits per heavy atom. The molecular weight excluding hydrogens is 446 g/mol. The van der Waals surface area contributed by atoms with Gasteiger partial charge in [0.05, 0.1) is 16.8 Å². The van der Waals surface area contributed by atoms with E-state index in [0.29, 0.717) is 16.4 Å². The molecule has 8 heteroatoms. The number of aryl methyl sites for hydroxylation is 1. The number of pyridine rings is 1. The Morgan fingerprint density at radius 3 is 2.79 bits per heavy atom. The second-order valence-electron chi connectivity index (χ2n) is 9.40. The monoisotopic (exact) mass is 469 g/mol. The van der Waals surface area contributed by atoms with Crippen LogP contribution in [0.3, 0.4) is 0 Å². The van der Waals surface area contributed by atoms with E-state index in [1.807, 2.05) is 42.0 Å². The van der Waals surface area contributed by atoms with E-state index in [2.05, 4.69) is 27.0 Å². The highest BCUT2D eigenvalue weighted by Gasteiger charge is 2.46. The Balaban J connectivity index is 1.30. The second-order valence-corrected chi connectivity index (χ2v) is 9.77. The lowest BCUT2D eigenvalue weighted by atomic mass is 9.73. The van der Waals surface area contributed by atoms with Crippen molar-refractivity contribution in [2.75, 3.05) is 18.0 Å². The van der Waals surface area contributed by atoms with Crippen molar-refractivity contribution in [3.8, 4) is 17.5 Å². The van der Waals surface area contributed by atoms with E-state index < -0.39 is 0 Å². The third-order valence-electron chi connectivity index (χ3n) is 7.56. The molecule has 1 aliphatic heterocycles. The van der Waals surface area contributed by atoms with Gasteiger partial charge in [-0.15, -0.1) is 0 Å². The van der Waals surface area contributed by atoms with Crippen molar-refractivity contribution < 1.29 is 0 Å². The maximum absolute atomic E-state index is 9.35. The number of aromatic nitrogens is 4. The Kier molecular flexibility index (Phi) is 4.83. The summed E-state index contributed by atoms with van der Waals surface area (Å²) in [6.45, 7) is 3.80. The third kappa shape index (κ3) is 3.10. The maximum atomic E-state index is 9.35. The molecule has 7 nitrogen and oxygen atoms in total. The summed E-state index contributed by atoms with van der Waals surface area (Å²) in [6, 6.07) is 9.78. The molecule has 1 spiro atoms. The highest BCUT2D eigenvalue weighted by atomic mass is 35.5. The average molecular weight is 470 g/mol. The maximum Gasteiger partial charge on any atom is 0.154 e. The molecule has 34 heavy (non-hydrogen) atoms. The number of hydrogen-bond acceptors (Lipinski definition) is 6. The smallest absolute Gasteiger partial charge is 0.154 e. The van der Waals surface area contributed by atoms with Crippen LogP contribution in [0.1, 0.15) is 41.3 Å². The van der Waals surface area contributed by atoms with Gasteiger partial charge in [0.25, 0.3) is 0 Å². The van der Waals surface area contributed by atoms with Crippen LogP contribution in [-0.2, 0) is 6.42 Å². The van der Waals surface area contributed by atoms with E-state index in [4.69, 9.17) is 22.3 Å². The van der Waals surface area contributed by atoms with Gasteiger partial charge in [-0.1, -0.05) is 17.7 Å². The van der Waals surface area contributed by atoms with Gasteiger partial charge in [-0.05, 0) is 60.9 Å². The van der Waals surface area contributed by atoms with Crippen LogP contribution in [0.15, 0.2) is 49.1 Å². The standard InChI is InChI=1S/C26H24ClN7/c1-16-11-18-12-26(23(29)20(18)14-31-16)5-8-33(9-6-26)25-21-15-32-24(34(21)10-7-30-25)19-4-2-3-17(13-28)22(19)27/h2-4,7,10-11,14-15,23H,5-6,8-9,12,29H2,1H3. The van der Waals surface area contributed by atoms with Crippen LogP contribution in [0.4, 0.5) is 5.82 Å². The summed E-state index contributed by atoms with van der Waals surface area (Å²) in [5.41, 5.74) is 12.5. The van der Waals surface area contributed by atoms with Crippen LogP contribution in [0, 0.1) is 23.7 Å². The minimum absolute atomic E-state index is 0.0256. The summed E-state index contributed by atoms with van der Waals surface area (Å²) < 4.78 is 2.00. The quantitative estimate of drug-likeness (QED) is 0.465. The van der Waals surface area contributed by atoms with E-state index >= 15 is 0 Å². The van der Waals surface area contributed by atoms with Gasteiger partial charge in [-0.25, -0.2) is 9.97 Å². The first-order chi connectivity index (χ1) is 16.5. The van der Waals surface area contributed by atoms with Gasteiger partial charge in [0, 0.05) is 49.0 Å². The molecule has 4 aromatic rings. The SMILES string of the molecule is Cc1cc2c(cn1)C(N)C1(CCN(c3nccn4c(-c5cccc(C#N)c5Cl)ncc34)CC1)C2. The molecule has 2 N–H and O–H groups in total. The number of nitrogens with zero attached hydrogens (tertiary/aromatic N) is 6. The molecule has 0 radical (unpaired) electrons. The molecule has 0 amide bonds. The van der Waals surface area contributed by atoms with E-state index in [1.165, 1.54) is 11.1 Å². The van der Waals surface area contributed by atoms with E-state index in [-0.39, 0.29) is 11.5 Å². The number of nitrogens with two attached hydrogens (primary N) is 1. The number of rotatable bonds is 2. The summed E-state index contributed by atoms with van der Waals surface area (Å²) in [7, 11) is 0. The van der Waals surface area contributed by atoms with Gasteiger partial charge in [0.15, 0.2) is 5.82 Å². The number of halogens is 1. The van der Waals surface area contributed by atoms with Crippen molar-refractivity contribution >= 4 is 22.9 Å². The second kappa shape index (κ2) is 7.79. The molecule has 2 aliphatic rings. The predicted molar refractivity (Wildman–Crippen MR) is 132 cm³/mol. The fourth-order valence-electron chi connectivity index (χ4n) is 5.68. The lowest BCUT2D eigenvalue weighted by Crippen LogP contribution is -2.44. The lowest BCUT2D eigenvalue weighted by molar-refractivity contribution is 0.187. The average Bonchev–Trinajstić information content (AvgIpc) is 3.39. The fourth-order valence-corrected chi connectivity index (χ4v) is 5.93. The molecule has 1 aromatic carbocycles. The molecule has 1 aliphatic carbocycles. The van der Waals surface area contributed by atoms with Crippen molar-refractivity contribution in [3.05, 3.63) is 76.5 Å². The van der Waals surface area contributed by atoms with E-state index in [1.54, 1.807) is 12.3 Å². The van der Waals surface area contributed by atoms with E-state index in [9.17, 15) is 5.26 Å². The number of imidazole rings is 1. The van der Waals surface area contributed by atoms with Gasteiger partial charge in [-0.3, -0.25) is 9.38 Å². The number of benzene rings is 1. The Hall–Kier alpha value is -3.47. The zero-order chi connectivity index (χ0) is 23.4. The molecule has 1 atom stereocenters. The molecule has 3 aromatic heterocycles. The van der Waals surface area contributed by atoms with Gasteiger partial charge in [0.2, 0.25) is 0 Å². The number of piperidine rings is 1. The number of fused-ring (bicyclic) bond motifs is 2. The normalized spacial score (nSPS) is 18.9. The summed E-state index contributed by atoms with van der Waals surface area (Å²) >= 11 is 6.50. The molecule has 0 saturated carbocycles. The predicted octanol–water partition coefficient (Wildman–Crippen LogP) is 4.47. The molecule has 1 unspecified atom stereocenters. The van der Waals surface area contributed by atoms with Crippen molar-refractivity contribution in [1.82, 2.24) is 19.4 Å². The zero-order valence-corrected chi connectivity index (χ0v) is 19.6. The molecule has 1 fully saturated rings. The lowest BCUT2D eigenvalue weighted by Gasteiger charge is -2.42. The van der Waals surface area contributed by atoms with Crippen molar-refractivity contribution in [3.63, 3.8) is 0 Å². The molecule has 0 bridgehead atoms. The van der Waals surface area contributed by atoms with Crippen molar-refractivity contribution in [2.24, 2.45) is 11.1 Å². The summed E-state index contributed by atoms with van der Waals surface area (Å²) in [6.07, 6.45) is 10.5. The summed E-state index contributed by atoms with van der Waals surface area (Å²) in [5.74, 6) is 1.61. The van der Waals surface area contributed by atoms with Gasteiger partial charge in [0.1, 0.15) is 17.4 Å². The van der Waals surface area contributed by atoms with Gasteiger partial charge in [-0.2, -0.15) is 5.26 Å². The van der Waals surface area contributed by atoms with Gasteiger partial charge >= 0.3 is 0 Å². The van der Waals surface area contributed by atoms with Crippen molar-refractivity contribution in [2.45, 2.75) is 32.2 Å². The summed E-state index contributed by atoms with van der Waals surface area (Å²) in [4.78, 5) is 16.2. The number of anilines is 1. The highest BCUT2D eigenvalue weighted by molar-refractivity contribution is 6.34. The minimum Gasteiger partial charge on any atom is -0.355 e. The van der Waals surface area contributed by atoms with Crippen LogP contribution in [0.5, 0.6) is 0 Å². The Bertz CT molecular complexity index is 1460. The summed E-state index contributed by atoms with van der Waals surface area (Å²) in [5, 5.41) is 9.77. The largest absolute Gasteiger partial charge is 0.355 e. The number of nitriles is 1. The molecule has 1 saturated heterocycles. The van der Waals surface area contributed by atoms with Crippen LogP contribution < -0.4 is 10.6 Å². The molecule has 6 rings (SSSR count). The molecule has 4 heterocycles. The highest BCUT2D eigenvalue weighted by Crippen LogP contribution is 2.51. The van der Waals surface area contributed by atoms with Crippen LogP contribution in [0.25, 0.3) is 16.9 Å². The first-order valence-corrected chi connectivity index (χ1v) is 11.9. The van der Waals surface area contributed by atoms with Crippen LogP contribution in [-0.4, -0.2) is 32.4 Å². The number of hydrogen-bond donors (Lipinski definition) is 1. The Morgan fingerprint density at radius 1 is 1.18 bits per heavy atom. The Labute approximate surface area is 202 Å². The minimum atomic E-state index is 0.0256. The fraction of sp³-hybridized carbons (Fsp3) is 0.308.